The van der Waals surface area contributed by atoms with Crippen LogP contribution in [0.2, 0.25) is 0 Å². The summed E-state index contributed by atoms with van der Waals surface area (Å²) in [4.78, 5) is 168. The number of benzene rings is 1. The molecule has 0 saturated carbocycles. The largest absolute Gasteiger partial charge is 1.00 e. The number of hydrogen-bond acceptors (Lipinski definition) is 21. The summed E-state index contributed by atoms with van der Waals surface area (Å²) < 4.78 is 21.4. The Bertz CT molecular complexity index is 2760. The molecule has 0 spiro atoms. The fourth-order valence-electron chi connectivity index (χ4n) is 10.3. The Morgan fingerprint density at radius 2 is 0.990 bits per heavy atom. The molecule has 1 aliphatic rings. The van der Waals surface area contributed by atoms with Gasteiger partial charge in [-0.15, -0.1) is 0 Å². The number of nitrogens with one attached hydrogen (secondary N) is 8. The Morgan fingerprint density at radius 3 is 1.49 bits per heavy atom. The molecule has 0 aliphatic carbocycles. The Balaban J connectivity index is 0.00000313. The molecule has 3 unspecified atom stereocenters. The van der Waals surface area contributed by atoms with Crippen LogP contribution in [-0.4, -0.2) is 222 Å². The zero-order valence-electron chi connectivity index (χ0n) is 61.3. The van der Waals surface area contributed by atoms with E-state index in [2.05, 4.69) is 37.2 Å². The number of phenolic OH excluding ortho intramolecular Hbond substituents is 1. The normalized spacial score (nSPS) is 15.6. The Kier molecular flexibility index (Phi) is 59.6. The number of carboxylic acids is 4. The van der Waals surface area contributed by atoms with E-state index in [1.54, 1.807) is 19.1 Å². The van der Waals surface area contributed by atoms with Crippen LogP contribution >= 0.6 is 21.6 Å². The van der Waals surface area contributed by atoms with Crippen LogP contribution in [0, 0.1) is 11.8 Å². The molecule has 1 heterocycles. The molecule has 590 valence electrons. The third kappa shape index (κ3) is 53.6. The number of phenols is 1. The van der Waals surface area contributed by atoms with Gasteiger partial charge in [-0.3, -0.25) is 52.7 Å². The zero-order chi connectivity index (χ0) is 77.3. The zero-order valence-corrected chi connectivity index (χ0v) is 66.1. The topological polar surface area (TPSA) is 511 Å². The van der Waals surface area contributed by atoms with Crippen molar-refractivity contribution < 1.29 is 163 Å². The van der Waals surface area contributed by atoms with E-state index in [4.69, 9.17) is 40.6 Å². The maximum absolute atomic E-state index is 13.6. The van der Waals surface area contributed by atoms with E-state index in [-0.39, 0.29) is 222 Å². The second-order valence-corrected chi connectivity index (χ2v) is 27.7. The predicted molar refractivity (Wildman–Crippen MR) is 388 cm³/mol. The van der Waals surface area contributed by atoms with Crippen molar-refractivity contribution >= 4 is 104 Å². The molecule has 1 fully saturated rings. The summed E-state index contributed by atoms with van der Waals surface area (Å²) in [6, 6.07) is 0.656. The summed E-state index contributed by atoms with van der Waals surface area (Å²) >= 11 is 0. The number of carbonyl (C=O) groups excluding carboxylic acids is 10. The van der Waals surface area contributed by atoms with Crippen LogP contribution in [0.4, 0.5) is 0 Å². The van der Waals surface area contributed by atoms with Gasteiger partial charge in [0.05, 0.1) is 45.7 Å². The molecule has 1 aromatic carbocycles. The molecule has 35 heteroatoms. The number of unbranched alkanes of at least 4 members (excludes halogenated alkanes) is 14. The minimum Gasteiger partial charge on any atom is -0.666 e. The van der Waals surface area contributed by atoms with Crippen molar-refractivity contribution in [1.29, 1.82) is 0 Å². The summed E-state index contributed by atoms with van der Waals surface area (Å²) in [6.07, 6.45) is 17.1. The maximum Gasteiger partial charge on any atom is 1.00 e. The molecule has 1 aromatic rings. The Hall–Kier alpha value is -5.86. The molecule has 0 radical (unpaired) electrons. The SMILES string of the molecule is CCC(=O)NC(CCC(=O)NC(CCC(=O)NCCOCCOCC(=O)NCCOCCOCC(=O)NCCCC[C@@H]1NC(=O)[C@@H]([NH-])CSSC[C@@H](C(=O)C[C@@H](Cc2ccc(O)cc2)C(N)=O)CC1=O)C(=O)O)C(=O)O.CCC(NC(=O)CCCCCCCCCCCCCCCCC(=O)O)C(=O)O.[K+]. The Morgan fingerprint density at radius 1 is 0.543 bits per heavy atom. The van der Waals surface area contributed by atoms with Crippen molar-refractivity contribution in [1.82, 2.24) is 37.2 Å². The fraction of sp³-hybridized carbons (Fsp3) is 0.714. The van der Waals surface area contributed by atoms with Gasteiger partial charge in [0, 0.05) is 82.2 Å². The number of carboxylic acid groups (broad SMARTS) is 4. The molecule has 0 aromatic heterocycles. The van der Waals surface area contributed by atoms with Gasteiger partial charge < -0.3 is 93.2 Å². The van der Waals surface area contributed by atoms with E-state index in [9.17, 15) is 82.4 Å². The summed E-state index contributed by atoms with van der Waals surface area (Å²) in [6.45, 7) is 4.04. The number of amides is 8. The molecule has 7 atom stereocenters. The molecule has 2 rings (SSSR count). The van der Waals surface area contributed by atoms with Crippen LogP contribution in [0.1, 0.15) is 193 Å². The standard InChI is InChI=1S/C48H73N8O18S2.C22H41NO5.K/c1-2-40(60)54-36(47(67)68)11-13-42(62)55-37(48(69)70)10-12-41(61)52-15-17-71-19-22-74-27-44(64)53-16-18-72-20-21-73-26-43(63)51-14-4-3-5-35-39(59)25-32(28-75-76-29-34(49)46(66)56-35)38(58)24-31(45(50)65)23-30-6-8-33(57)9-7-30;1-2-19(22(27)28)23-20(24)17-15-13-11-9-7-5-3-4-6-8-10-12-14-16-18-21(25)26;/h6-9,31-32,34-37,49,57H,2-5,10-29H2,1H3,(H2,50,65)(H,51,63)(H,52,61)(H,53,64)(H,54,60)(H,55,62)(H,56,66)(H,67,68)(H,69,70);19H,2-18H2,1H3,(H,23,24)(H,25,26)(H,27,28);/q-1;;+1/t31-,32+,34+,35+,36?,37?;;/m1../s1. The van der Waals surface area contributed by atoms with Crippen molar-refractivity contribution in [2.24, 2.45) is 17.6 Å². The number of ketones is 2. The second kappa shape index (κ2) is 63.1. The van der Waals surface area contributed by atoms with Crippen molar-refractivity contribution in [2.45, 2.75) is 224 Å². The van der Waals surface area contributed by atoms with Crippen LogP contribution in [-0.2, 0) is 92.5 Å². The number of hydrogen-bond donors (Lipinski definition) is 13. The van der Waals surface area contributed by atoms with Gasteiger partial charge in [0.25, 0.3) is 0 Å². The van der Waals surface area contributed by atoms with Crippen LogP contribution in [0.25, 0.3) is 5.73 Å². The van der Waals surface area contributed by atoms with Gasteiger partial charge in [0.2, 0.25) is 47.3 Å². The quantitative estimate of drug-likeness (QED) is 0.0251. The number of Topliss-reactive ketones (excluding diaryl/α,β-unsaturated/α-hetero) is 2. The van der Waals surface area contributed by atoms with E-state index in [1.807, 2.05) is 0 Å². The van der Waals surface area contributed by atoms with Crippen LogP contribution in [0.5, 0.6) is 5.75 Å². The molecular weight excluding hydrogens is 1440 g/mol. The predicted octanol–water partition coefficient (Wildman–Crippen LogP) is 1.86. The number of carbonyl (C=O) groups is 14. The van der Waals surface area contributed by atoms with Gasteiger partial charge in [-0.1, -0.05) is 125 Å². The molecular formula is C70H114KN9O23S2. The Labute approximate surface area is 666 Å². The minimum atomic E-state index is -1.40. The monoisotopic (exact) mass is 1550 g/mol. The number of aliphatic carboxylic acids is 4. The number of aromatic hydroxyl groups is 1. The first-order valence-electron chi connectivity index (χ1n) is 36.0. The second-order valence-electron chi connectivity index (χ2n) is 25.1. The molecule has 15 N–H and O–H groups in total. The van der Waals surface area contributed by atoms with Crippen molar-refractivity contribution in [3.05, 3.63) is 35.6 Å². The van der Waals surface area contributed by atoms with Crippen molar-refractivity contribution in [3.63, 3.8) is 0 Å². The summed E-state index contributed by atoms with van der Waals surface area (Å²) in [5.41, 5.74) is 14.6. The van der Waals surface area contributed by atoms with Gasteiger partial charge in [-0.2, -0.15) is 0 Å². The molecule has 8 amide bonds. The van der Waals surface area contributed by atoms with Crippen LogP contribution in [0.15, 0.2) is 24.3 Å². The summed E-state index contributed by atoms with van der Waals surface area (Å²) in [5, 5.41) is 63.3. The summed E-state index contributed by atoms with van der Waals surface area (Å²) in [7, 11) is 2.54. The van der Waals surface area contributed by atoms with E-state index in [1.165, 1.54) is 92.0 Å². The fourth-order valence-corrected chi connectivity index (χ4v) is 12.7. The summed E-state index contributed by atoms with van der Waals surface area (Å²) in [5.74, 6) is -10.2. The smallest absolute Gasteiger partial charge is 0.666 e. The van der Waals surface area contributed by atoms with Gasteiger partial charge >= 0.3 is 75.3 Å². The maximum atomic E-state index is 13.6. The number of primary amides is 1. The average molecular weight is 1550 g/mol. The first-order chi connectivity index (χ1) is 49.8. The van der Waals surface area contributed by atoms with Crippen molar-refractivity contribution in [3.8, 4) is 5.75 Å². The molecule has 1 aliphatic heterocycles. The van der Waals surface area contributed by atoms with E-state index >= 15 is 0 Å². The minimum absolute atomic E-state index is 0. The average Bonchev–Trinajstić information content (AvgIpc) is 1.68. The molecule has 105 heavy (non-hydrogen) atoms. The first kappa shape index (κ1) is 99.1. The number of nitrogens with two attached hydrogens (primary N) is 1. The third-order valence-corrected chi connectivity index (χ3v) is 18.9. The van der Waals surface area contributed by atoms with Crippen LogP contribution < -0.4 is 94.3 Å². The molecule has 1 saturated heterocycles. The number of ether oxygens (including phenoxy) is 4. The van der Waals surface area contributed by atoms with E-state index < -0.39 is 101 Å². The molecule has 0 bridgehead atoms. The van der Waals surface area contributed by atoms with E-state index in [0.29, 0.717) is 37.7 Å². The van der Waals surface area contributed by atoms with Gasteiger partial charge in [-0.25, -0.2) is 14.4 Å². The van der Waals surface area contributed by atoms with Crippen LogP contribution in [0.3, 0.4) is 0 Å². The third-order valence-electron chi connectivity index (χ3n) is 16.4. The first-order valence-corrected chi connectivity index (χ1v) is 38.5. The van der Waals surface area contributed by atoms with Crippen molar-refractivity contribution in [2.75, 3.05) is 84.0 Å². The van der Waals surface area contributed by atoms with Gasteiger partial charge in [0.1, 0.15) is 42.9 Å². The van der Waals surface area contributed by atoms with Gasteiger partial charge in [0.15, 0.2) is 5.78 Å². The van der Waals surface area contributed by atoms with E-state index in [0.717, 1.165) is 38.5 Å². The number of rotatable bonds is 58. The van der Waals surface area contributed by atoms with Gasteiger partial charge in [-0.05, 0) is 87.3 Å². The molecule has 32 nitrogen and oxygen atoms in total.